The van der Waals surface area contributed by atoms with E-state index in [1.807, 2.05) is 0 Å². The summed E-state index contributed by atoms with van der Waals surface area (Å²) in [6.45, 7) is 6.16. The maximum absolute atomic E-state index is 13.8. The van der Waals surface area contributed by atoms with Gasteiger partial charge in [0, 0.05) is 16.5 Å². The van der Waals surface area contributed by atoms with Crippen LogP contribution in [0.1, 0.15) is 24.5 Å². The van der Waals surface area contributed by atoms with Gasteiger partial charge in [-0.15, -0.1) is 0 Å². The van der Waals surface area contributed by atoms with E-state index in [2.05, 4.69) is 11.7 Å². The highest BCUT2D eigenvalue weighted by Gasteiger charge is 2.62. The highest BCUT2D eigenvalue weighted by molar-refractivity contribution is 6.35. The normalized spacial score (nSPS) is 21.5. The molecule has 0 saturated heterocycles. The van der Waals surface area contributed by atoms with E-state index in [0.29, 0.717) is 11.1 Å². The van der Waals surface area contributed by atoms with Gasteiger partial charge in [0.2, 0.25) is 0 Å². The summed E-state index contributed by atoms with van der Waals surface area (Å²) in [7, 11) is 0. The quantitative estimate of drug-likeness (QED) is 0.419. The Morgan fingerprint density at radius 3 is 2.50 bits per heavy atom. The number of oxime groups is 1. The molecule has 1 atom stereocenters. The number of halogens is 6. The van der Waals surface area contributed by atoms with Gasteiger partial charge in [0.25, 0.3) is 5.60 Å². The summed E-state index contributed by atoms with van der Waals surface area (Å²) in [6.07, 6.45) is -2.98. The molecule has 2 rings (SSSR count). The largest absolute Gasteiger partial charge is 0.435 e. The van der Waals surface area contributed by atoms with Crippen molar-refractivity contribution in [3.63, 3.8) is 0 Å². The summed E-state index contributed by atoms with van der Waals surface area (Å²) in [5, 5.41) is 3.66. The van der Waals surface area contributed by atoms with Crippen molar-refractivity contribution in [1.82, 2.24) is 0 Å². The number of alkyl halides is 3. The van der Waals surface area contributed by atoms with Crippen LogP contribution in [0.4, 0.5) is 17.6 Å². The third-order valence-electron chi connectivity index (χ3n) is 3.96. The van der Waals surface area contributed by atoms with Crippen LogP contribution < -0.4 is 0 Å². The molecule has 1 aromatic rings. The van der Waals surface area contributed by atoms with Gasteiger partial charge in [-0.2, -0.15) is 13.2 Å². The Morgan fingerprint density at radius 2 is 1.96 bits per heavy atom. The van der Waals surface area contributed by atoms with Crippen molar-refractivity contribution in [1.29, 1.82) is 0 Å². The zero-order chi connectivity index (χ0) is 19.7. The molecule has 0 spiro atoms. The van der Waals surface area contributed by atoms with Gasteiger partial charge in [0.1, 0.15) is 5.82 Å². The van der Waals surface area contributed by atoms with Crippen LogP contribution in [0, 0.1) is 12.7 Å². The molecular weight excluding hydrogens is 393 g/mol. The number of hydrogen-bond donors (Lipinski definition) is 0. The first-order valence-corrected chi connectivity index (χ1v) is 8.20. The molecule has 0 saturated carbocycles. The van der Waals surface area contributed by atoms with Crippen molar-refractivity contribution in [2.75, 3.05) is 0 Å². The van der Waals surface area contributed by atoms with Gasteiger partial charge in [0.05, 0.1) is 5.71 Å². The van der Waals surface area contributed by atoms with Crippen LogP contribution in [0.5, 0.6) is 0 Å². The fourth-order valence-electron chi connectivity index (χ4n) is 2.51. The molecule has 1 unspecified atom stereocenters. The maximum Gasteiger partial charge on any atom is 0.435 e. The first kappa shape index (κ1) is 20.5. The molecule has 2 nitrogen and oxygen atoms in total. The van der Waals surface area contributed by atoms with Crippen LogP contribution in [0.25, 0.3) is 0 Å². The minimum absolute atomic E-state index is 0.0270. The maximum atomic E-state index is 13.8. The first-order valence-electron chi connectivity index (χ1n) is 7.45. The van der Waals surface area contributed by atoms with E-state index in [9.17, 15) is 17.6 Å². The van der Waals surface area contributed by atoms with Gasteiger partial charge in [-0.3, -0.25) is 0 Å². The molecule has 1 aromatic carbocycles. The van der Waals surface area contributed by atoms with Crippen LogP contribution >= 0.6 is 23.2 Å². The van der Waals surface area contributed by atoms with Gasteiger partial charge in [-0.1, -0.05) is 41.0 Å². The Morgan fingerprint density at radius 1 is 1.31 bits per heavy atom. The Bertz CT molecular complexity index is 827. The average molecular weight is 408 g/mol. The fraction of sp³-hybridized carbons (Fsp3) is 0.278. The van der Waals surface area contributed by atoms with Gasteiger partial charge in [-0.25, -0.2) is 4.39 Å². The van der Waals surface area contributed by atoms with Gasteiger partial charge in [0.15, 0.2) is 0 Å². The van der Waals surface area contributed by atoms with Crippen LogP contribution in [-0.4, -0.2) is 17.5 Å². The SMILES string of the molecule is C=C(Cl)/C=C(/Cl)C=C(C)C1(C(F)(F)F)CC(c2ccc(F)c(C)c2)=NO1. The topological polar surface area (TPSA) is 21.6 Å². The van der Waals surface area contributed by atoms with Crippen molar-refractivity contribution < 1.29 is 22.4 Å². The Kier molecular flexibility index (Phi) is 5.88. The molecule has 0 aliphatic carbocycles. The molecule has 26 heavy (non-hydrogen) atoms. The number of nitrogens with zero attached hydrogens (tertiary/aromatic N) is 1. The summed E-state index contributed by atoms with van der Waals surface area (Å²) in [5.74, 6) is -0.454. The third kappa shape index (κ3) is 4.13. The van der Waals surface area contributed by atoms with Crippen molar-refractivity contribution in [2.45, 2.75) is 32.0 Å². The molecule has 0 fully saturated rings. The first-order chi connectivity index (χ1) is 12.0. The van der Waals surface area contributed by atoms with E-state index in [0.717, 1.165) is 6.08 Å². The predicted octanol–water partition coefficient (Wildman–Crippen LogP) is 6.38. The second-order valence-electron chi connectivity index (χ2n) is 5.90. The number of rotatable bonds is 4. The van der Waals surface area contributed by atoms with E-state index in [-0.39, 0.29) is 21.3 Å². The summed E-state index contributed by atoms with van der Waals surface area (Å²) in [4.78, 5) is 4.87. The van der Waals surface area contributed by atoms with Crippen molar-refractivity contribution in [2.24, 2.45) is 5.16 Å². The molecule has 1 aliphatic heterocycles. The minimum Gasteiger partial charge on any atom is -0.374 e. The van der Waals surface area contributed by atoms with E-state index in [1.165, 1.54) is 38.1 Å². The summed E-state index contributed by atoms with van der Waals surface area (Å²) >= 11 is 11.5. The van der Waals surface area contributed by atoms with E-state index >= 15 is 0 Å². The Hall–Kier alpha value is -1.79. The van der Waals surface area contributed by atoms with Gasteiger partial charge < -0.3 is 4.84 Å². The number of benzene rings is 1. The van der Waals surface area contributed by atoms with Crippen LogP contribution in [0.2, 0.25) is 0 Å². The highest BCUT2D eigenvalue weighted by atomic mass is 35.5. The van der Waals surface area contributed by atoms with E-state index < -0.39 is 24.0 Å². The number of hydrogen-bond acceptors (Lipinski definition) is 2. The number of allylic oxidation sites excluding steroid dienone is 4. The second-order valence-corrected chi connectivity index (χ2v) is 6.82. The zero-order valence-electron chi connectivity index (χ0n) is 13.9. The van der Waals surface area contributed by atoms with Crippen molar-refractivity contribution in [3.05, 3.63) is 69.5 Å². The molecule has 140 valence electrons. The smallest absolute Gasteiger partial charge is 0.374 e. The van der Waals surface area contributed by atoms with Crippen molar-refractivity contribution in [3.8, 4) is 0 Å². The highest BCUT2D eigenvalue weighted by Crippen LogP contribution is 2.46. The van der Waals surface area contributed by atoms with Crippen LogP contribution in [-0.2, 0) is 4.84 Å². The van der Waals surface area contributed by atoms with E-state index in [1.54, 1.807) is 0 Å². The molecular formula is C18H15Cl2F4NO. The van der Waals surface area contributed by atoms with Crippen LogP contribution in [0.3, 0.4) is 0 Å². The number of aryl methyl sites for hydroxylation is 1. The monoisotopic (exact) mass is 407 g/mol. The summed E-state index contributed by atoms with van der Waals surface area (Å²) < 4.78 is 54.8. The molecule has 0 bridgehead atoms. The Labute approximate surface area is 158 Å². The van der Waals surface area contributed by atoms with Gasteiger partial charge >= 0.3 is 6.18 Å². The third-order valence-corrected chi connectivity index (χ3v) is 4.29. The summed E-state index contributed by atoms with van der Waals surface area (Å²) in [5.41, 5.74) is -2.12. The molecule has 0 N–H and O–H groups in total. The molecule has 0 amide bonds. The van der Waals surface area contributed by atoms with E-state index in [4.69, 9.17) is 28.0 Å². The standard InChI is InChI=1S/C18H15Cl2F4NO/c1-10-6-13(4-5-15(10)21)16-9-17(26-25-16,18(22,23)24)11(2)7-14(20)8-12(3)19/h4-8H,3,9H2,1-2H3/b11-7?,14-8+. The van der Waals surface area contributed by atoms with Gasteiger partial charge in [-0.05, 0) is 54.8 Å². The molecule has 8 heteroatoms. The fourth-order valence-corrected chi connectivity index (χ4v) is 2.98. The lowest BCUT2D eigenvalue weighted by Gasteiger charge is -2.30. The average Bonchev–Trinajstić information content (AvgIpc) is 2.95. The molecule has 0 aromatic heterocycles. The van der Waals surface area contributed by atoms with Crippen molar-refractivity contribution >= 4 is 28.9 Å². The lowest BCUT2D eigenvalue weighted by molar-refractivity contribution is -0.253. The molecule has 0 radical (unpaired) electrons. The predicted molar refractivity (Wildman–Crippen MR) is 94.8 cm³/mol. The lowest BCUT2D eigenvalue weighted by atomic mass is 9.86. The minimum atomic E-state index is -4.75. The molecule has 1 aliphatic rings. The lowest BCUT2D eigenvalue weighted by Crippen LogP contribution is -2.46. The second kappa shape index (κ2) is 7.45. The zero-order valence-corrected chi connectivity index (χ0v) is 15.4. The Balaban J connectivity index is 2.41. The summed E-state index contributed by atoms with van der Waals surface area (Å²) in [6, 6.07) is 3.96. The molecule has 1 heterocycles. The van der Waals surface area contributed by atoms with Crippen LogP contribution in [0.15, 0.2) is 57.7 Å².